The van der Waals surface area contributed by atoms with Crippen LogP contribution in [-0.2, 0) is 25.3 Å². The Kier molecular flexibility index (Phi) is 7.66. The molecule has 32 heavy (non-hydrogen) atoms. The number of nitrogens with one attached hydrogen (secondary N) is 2. The summed E-state index contributed by atoms with van der Waals surface area (Å²) in [5, 5.41) is 3.27. The second kappa shape index (κ2) is 9.68. The number of anilines is 2. The van der Waals surface area contributed by atoms with Gasteiger partial charge in [0.05, 0.1) is 17.9 Å². The molecule has 1 fully saturated rings. The summed E-state index contributed by atoms with van der Waals surface area (Å²) in [6, 6.07) is 0.442. The second-order valence-corrected chi connectivity index (χ2v) is 6.50. The van der Waals surface area contributed by atoms with Gasteiger partial charge in [0.15, 0.2) is 0 Å². The Bertz CT molecular complexity index is 879. The minimum atomic E-state index is -5.11. The molecule has 1 aliphatic rings. The zero-order valence-corrected chi connectivity index (χ0v) is 16.0. The highest BCUT2D eigenvalue weighted by atomic mass is 19.4. The standard InChI is InChI=1S/C17H17F7N4O4/c18-14(19)16(20,21)15(31)27-10(6-25)13(30)26-8-1-2-11(9(5-8)17(22,23)24)28-3-4-32-7-12(28)29/h1-2,5,10,14H,3-4,6-7,25H2,(H,26,30)(H,27,31)/t10-/m1/s1. The van der Waals surface area contributed by atoms with E-state index < -0.39 is 72.4 Å². The van der Waals surface area contributed by atoms with Crippen molar-refractivity contribution in [3.05, 3.63) is 23.8 Å². The molecule has 8 nitrogen and oxygen atoms in total. The molecule has 0 bridgehead atoms. The number of nitrogens with zero attached hydrogens (tertiary/aromatic N) is 1. The highest BCUT2D eigenvalue weighted by Crippen LogP contribution is 2.38. The normalized spacial score (nSPS) is 16.2. The maximum Gasteiger partial charge on any atom is 0.418 e. The molecular formula is C17H17F7N4O4. The van der Waals surface area contributed by atoms with Crippen LogP contribution in [0.3, 0.4) is 0 Å². The van der Waals surface area contributed by atoms with Crippen LogP contribution in [0.5, 0.6) is 0 Å². The molecule has 1 aromatic rings. The molecule has 178 valence electrons. The van der Waals surface area contributed by atoms with Crippen molar-refractivity contribution in [3.8, 4) is 0 Å². The van der Waals surface area contributed by atoms with Gasteiger partial charge in [0, 0.05) is 18.8 Å². The van der Waals surface area contributed by atoms with Crippen LogP contribution in [0.25, 0.3) is 0 Å². The van der Waals surface area contributed by atoms with Gasteiger partial charge in [-0.25, -0.2) is 8.78 Å². The van der Waals surface area contributed by atoms with Crippen LogP contribution < -0.4 is 21.3 Å². The van der Waals surface area contributed by atoms with Crippen LogP contribution in [0.2, 0.25) is 0 Å². The summed E-state index contributed by atoms with van der Waals surface area (Å²) in [4.78, 5) is 36.2. The second-order valence-electron chi connectivity index (χ2n) is 6.50. The number of hydrogen-bond donors (Lipinski definition) is 3. The van der Waals surface area contributed by atoms with E-state index in [9.17, 15) is 45.1 Å². The summed E-state index contributed by atoms with van der Waals surface area (Å²) < 4.78 is 96.1. The lowest BCUT2D eigenvalue weighted by Crippen LogP contribution is -2.55. The average molecular weight is 474 g/mol. The predicted molar refractivity (Wildman–Crippen MR) is 95.2 cm³/mol. The zero-order chi connectivity index (χ0) is 24.3. The Morgan fingerprint density at radius 1 is 1.19 bits per heavy atom. The summed E-state index contributed by atoms with van der Waals surface area (Å²) in [6.45, 7) is -1.38. The number of benzene rings is 1. The monoisotopic (exact) mass is 474 g/mol. The molecule has 15 heteroatoms. The van der Waals surface area contributed by atoms with Gasteiger partial charge >= 0.3 is 18.5 Å². The van der Waals surface area contributed by atoms with E-state index in [1.54, 1.807) is 0 Å². The van der Waals surface area contributed by atoms with Crippen LogP contribution in [0.4, 0.5) is 42.1 Å². The van der Waals surface area contributed by atoms with Gasteiger partial charge in [-0.2, -0.15) is 22.0 Å². The molecule has 0 saturated carbocycles. The smallest absolute Gasteiger partial charge is 0.370 e. The quantitative estimate of drug-likeness (QED) is 0.517. The number of ether oxygens (including phenoxy) is 1. The largest absolute Gasteiger partial charge is 0.418 e. The Morgan fingerprint density at radius 2 is 1.84 bits per heavy atom. The van der Waals surface area contributed by atoms with Crippen LogP contribution in [-0.4, -0.2) is 62.4 Å². The van der Waals surface area contributed by atoms with Crippen molar-refractivity contribution in [3.63, 3.8) is 0 Å². The predicted octanol–water partition coefficient (Wildman–Crippen LogP) is 1.35. The van der Waals surface area contributed by atoms with Crippen molar-refractivity contribution < 1.29 is 49.9 Å². The number of amides is 3. The number of morpholine rings is 1. The lowest BCUT2D eigenvalue weighted by Gasteiger charge is -2.29. The van der Waals surface area contributed by atoms with Gasteiger partial charge in [-0.05, 0) is 18.2 Å². The summed E-state index contributed by atoms with van der Waals surface area (Å²) in [7, 11) is 0. The van der Waals surface area contributed by atoms with Crippen molar-refractivity contribution in [2.75, 3.05) is 36.5 Å². The third-order valence-corrected chi connectivity index (χ3v) is 4.28. The third-order valence-electron chi connectivity index (χ3n) is 4.28. The summed E-state index contributed by atoms with van der Waals surface area (Å²) in [5.41, 5.74) is 2.93. The van der Waals surface area contributed by atoms with Gasteiger partial charge in [0.25, 0.3) is 11.8 Å². The molecule has 1 saturated heterocycles. The zero-order valence-electron chi connectivity index (χ0n) is 16.0. The van der Waals surface area contributed by atoms with Gasteiger partial charge in [-0.3, -0.25) is 14.4 Å². The summed E-state index contributed by atoms with van der Waals surface area (Å²) in [5.74, 6) is -9.63. The van der Waals surface area contributed by atoms with E-state index in [0.29, 0.717) is 6.07 Å². The fourth-order valence-electron chi connectivity index (χ4n) is 2.66. The molecule has 0 radical (unpaired) electrons. The minimum Gasteiger partial charge on any atom is -0.370 e. The number of hydrogen-bond acceptors (Lipinski definition) is 5. The van der Waals surface area contributed by atoms with Crippen molar-refractivity contribution in [2.24, 2.45) is 5.73 Å². The van der Waals surface area contributed by atoms with E-state index in [1.807, 2.05) is 5.32 Å². The molecule has 3 amide bonds. The molecule has 4 N–H and O–H groups in total. The molecular weight excluding hydrogens is 457 g/mol. The molecule has 0 spiro atoms. The molecule has 1 atom stereocenters. The summed E-state index contributed by atoms with van der Waals surface area (Å²) >= 11 is 0. The molecule has 0 unspecified atom stereocenters. The number of halogens is 7. The molecule has 1 aliphatic heterocycles. The van der Waals surface area contributed by atoms with Crippen LogP contribution in [0.15, 0.2) is 18.2 Å². The van der Waals surface area contributed by atoms with Gasteiger partial charge in [0.2, 0.25) is 5.91 Å². The Morgan fingerprint density at radius 3 is 2.38 bits per heavy atom. The van der Waals surface area contributed by atoms with E-state index in [0.717, 1.165) is 17.0 Å². The number of alkyl halides is 7. The topological polar surface area (TPSA) is 114 Å². The fraction of sp³-hybridized carbons (Fsp3) is 0.471. The SMILES string of the molecule is NC[C@@H](NC(=O)C(F)(F)C(F)F)C(=O)Nc1ccc(N2CCOCC2=O)c(C(F)(F)F)c1. The van der Waals surface area contributed by atoms with Crippen molar-refractivity contribution in [2.45, 2.75) is 24.6 Å². The first-order chi connectivity index (χ1) is 14.8. The molecule has 0 aliphatic carbocycles. The van der Waals surface area contributed by atoms with Gasteiger partial charge in [-0.15, -0.1) is 0 Å². The molecule has 1 aromatic carbocycles. The van der Waals surface area contributed by atoms with E-state index in [4.69, 9.17) is 10.5 Å². The first-order valence-electron chi connectivity index (χ1n) is 8.86. The Balaban J connectivity index is 2.25. The lowest BCUT2D eigenvalue weighted by molar-refractivity contribution is -0.170. The highest BCUT2D eigenvalue weighted by molar-refractivity contribution is 5.99. The fourth-order valence-corrected chi connectivity index (χ4v) is 2.66. The lowest BCUT2D eigenvalue weighted by atomic mass is 10.1. The Labute approximate surface area is 175 Å². The van der Waals surface area contributed by atoms with E-state index in [-0.39, 0.29) is 13.2 Å². The first kappa shape index (κ1) is 25.3. The van der Waals surface area contributed by atoms with Gasteiger partial charge in [-0.1, -0.05) is 0 Å². The van der Waals surface area contributed by atoms with Gasteiger partial charge < -0.3 is 26.0 Å². The van der Waals surface area contributed by atoms with Gasteiger partial charge in [0.1, 0.15) is 12.6 Å². The van der Waals surface area contributed by atoms with E-state index in [1.165, 1.54) is 5.32 Å². The number of carbonyl (C=O) groups is 3. The van der Waals surface area contributed by atoms with Crippen molar-refractivity contribution >= 4 is 29.1 Å². The molecule has 1 heterocycles. The maximum atomic E-state index is 13.5. The molecule has 0 aromatic heterocycles. The van der Waals surface area contributed by atoms with Crippen LogP contribution in [0.1, 0.15) is 5.56 Å². The number of nitrogens with two attached hydrogens (primary N) is 1. The number of carbonyl (C=O) groups excluding carboxylic acids is 3. The van der Waals surface area contributed by atoms with Crippen LogP contribution >= 0.6 is 0 Å². The minimum absolute atomic E-state index is 0.00263. The average Bonchev–Trinajstić information content (AvgIpc) is 2.71. The van der Waals surface area contributed by atoms with E-state index >= 15 is 0 Å². The highest BCUT2D eigenvalue weighted by Gasteiger charge is 2.49. The molecule has 2 rings (SSSR count). The third kappa shape index (κ3) is 5.64. The number of rotatable bonds is 7. The van der Waals surface area contributed by atoms with Crippen molar-refractivity contribution in [1.82, 2.24) is 5.32 Å². The van der Waals surface area contributed by atoms with Crippen molar-refractivity contribution in [1.29, 1.82) is 0 Å². The van der Waals surface area contributed by atoms with Crippen LogP contribution in [0, 0.1) is 0 Å². The van der Waals surface area contributed by atoms with E-state index in [2.05, 4.69) is 0 Å². The summed E-state index contributed by atoms with van der Waals surface area (Å²) in [6.07, 6.45) is -9.30. The maximum absolute atomic E-state index is 13.5. The Hall–Kier alpha value is -2.94. The first-order valence-corrected chi connectivity index (χ1v) is 8.86.